The number of aromatic nitrogens is 4. The van der Waals surface area contributed by atoms with E-state index in [2.05, 4.69) is 31.5 Å². The first kappa shape index (κ1) is 10.9. The third-order valence-corrected chi connectivity index (χ3v) is 3.81. The van der Waals surface area contributed by atoms with Gasteiger partial charge in [0.05, 0.1) is 5.69 Å². The van der Waals surface area contributed by atoms with Crippen molar-refractivity contribution in [1.82, 2.24) is 20.2 Å². The van der Waals surface area contributed by atoms with E-state index in [1.54, 1.807) is 0 Å². The molecule has 1 aromatic heterocycles. The van der Waals surface area contributed by atoms with E-state index in [9.17, 15) is 0 Å². The zero-order valence-electron chi connectivity index (χ0n) is 9.38. The van der Waals surface area contributed by atoms with Gasteiger partial charge in [0, 0.05) is 10.4 Å². The lowest BCUT2D eigenvalue weighted by atomic mass is 10.1. The van der Waals surface area contributed by atoms with Gasteiger partial charge in [0.1, 0.15) is 0 Å². The maximum Gasteiger partial charge on any atom is 0.159 e. The van der Waals surface area contributed by atoms with Crippen LogP contribution in [-0.2, 0) is 0 Å². The molecule has 1 aliphatic carbocycles. The second-order valence-electron chi connectivity index (χ2n) is 4.41. The number of hydrogen-bond donors (Lipinski definition) is 0. The van der Waals surface area contributed by atoms with E-state index in [1.165, 1.54) is 25.7 Å². The Balaban J connectivity index is 1.97. The van der Waals surface area contributed by atoms with Crippen molar-refractivity contribution in [3.63, 3.8) is 0 Å². The van der Waals surface area contributed by atoms with E-state index in [1.807, 2.05) is 28.9 Å². The van der Waals surface area contributed by atoms with Crippen LogP contribution in [0.25, 0.3) is 5.69 Å². The molecule has 3 rings (SSSR count). The van der Waals surface area contributed by atoms with Crippen LogP contribution < -0.4 is 0 Å². The molecule has 0 atom stereocenters. The van der Waals surface area contributed by atoms with Gasteiger partial charge in [-0.05, 0) is 47.5 Å². The molecule has 5 heteroatoms. The molecule has 1 heterocycles. The maximum absolute atomic E-state index is 4.19. The molecular weight excluding hydrogens is 280 g/mol. The number of nitrogens with zero attached hydrogens (tertiary/aromatic N) is 4. The molecule has 0 radical (unpaired) electrons. The van der Waals surface area contributed by atoms with Crippen molar-refractivity contribution in [2.75, 3.05) is 0 Å². The lowest BCUT2D eigenvalue weighted by Gasteiger charge is -2.09. The number of rotatable bonds is 2. The van der Waals surface area contributed by atoms with Crippen molar-refractivity contribution in [2.45, 2.75) is 31.6 Å². The Hall–Kier alpha value is -1.23. The molecule has 1 aromatic carbocycles. The van der Waals surface area contributed by atoms with Gasteiger partial charge in [0.15, 0.2) is 5.82 Å². The SMILES string of the molecule is Brc1ccc(-n2nnnc2C2CCCC2)cc1. The fourth-order valence-electron chi connectivity index (χ4n) is 2.40. The van der Waals surface area contributed by atoms with Crippen LogP contribution in [0.1, 0.15) is 37.4 Å². The van der Waals surface area contributed by atoms with Crippen LogP contribution in [0, 0.1) is 0 Å². The van der Waals surface area contributed by atoms with Crippen molar-refractivity contribution >= 4 is 15.9 Å². The van der Waals surface area contributed by atoms with E-state index < -0.39 is 0 Å². The second kappa shape index (κ2) is 4.56. The highest BCUT2D eigenvalue weighted by atomic mass is 79.9. The number of benzene rings is 1. The summed E-state index contributed by atoms with van der Waals surface area (Å²) in [5.74, 6) is 1.53. The van der Waals surface area contributed by atoms with E-state index in [4.69, 9.17) is 0 Å². The summed E-state index contributed by atoms with van der Waals surface area (Å²) in [6.45, 7) is 0. The van der Waals surface area contributed by atoms with Gasteiger partial charge in [0.2, 0.25) is 0 Å². The molecular formula is C12H13BrN4. The molecule has 1 fully saturated rings. The Morgan fingerprint density at radius 3 is 2.53 bits per heavy atom. The minimum absolute atomic E-state index is 0.522. The molecule has 1 aliphatic rings. The third kappa shape index (κ3) is 2.11. The predicted octanol–water partition coefficient (Wildman–Crippen LogP) is 3.08. The zero-order chi connectivity index (χ0) is 11.7. The predicted molar refractivity (Wildman–Crippen MR) is 68.1 cm³/mol. The largest absolute Gasteiger partial charge is 0.197 e. The first-order valence-electron chi connectivity index (χ1n) is 5.89. The molecule has 2 aromatic rings. The topological polar surface area (TPSA) is 43.6 Å². The van der Waals surface area contributed by atoms with Crippen molar-refractivity contribution in [3.05, 3.63) is 34.6 Å². The molecule has 0 aliphatic heterocycles. The summed E-state index contributed by atoms with van der Waals surface area (Å²) in [7, 11) is 0. The Morgan fingerprint density at radius 2 is 1.82 bits per heavy atom. The molecule has 88 valence electrons. The molecule has 0 saturated heterocycles. The first-order valence-corrected chi connectivity index (χ1v) is 6.68. The summed E-state index contributed by atoms with van der Waals surface area (Å²) in [6.07, 6.45) is 4.99. The van der Waals surface area contributed by atoms with Crippen LogP contribution >= 0.6 is 15.9 Å². The van der Waals surface area contributed by atoms with Crippen LogP contribution in [-0.4, -0.2) is 20.2 Å². The normalized spacial score (nSPS) is 16.5. The van der Waals surface area contributed by atoms with E-state index in [0.717, 1.165) is 16.0 Å². The fourth-order valence-corrected chi connectivity index (χ4v) is 2.66. The molecule has 4 nitrogen and oxygen atoms in total. The number of hydrogen-bond acceptors (Lipinski definition) is 3. The number of halogens is 1. The average Bonchev–Trinajstić information content (AvgIpc) is 3.00. The van der Waals surface area contributed by atoms with Gasteiger partial charge in [-0.3, -0.25) is 0 Å². The average molecular weight is 293 g/mol. The highest BCUT2D eigenvalue weighted by molar-refractivity contribution is 9.10. The third-order valence-electron chi connectivity index (χ3n) is 3.29. The first-order chi connectivity index (χ1) is 8.34. The van der Waals surface area contributed by atoms with Crippen LogP contribution in [0.15, 0.2) is 28.7 Å². The summed E-state index contributed by atoms with van der Waals surface area (Å²) in [5.41, 5.74) is 1.03. The Labute approximate surface area is 108 Å². The van der Waals surface area contributed by atoms with E-state index in [0.29, 0.717) is 5.92 Å². The van der Waals surface area contributed by atoms with Crippen molar-refractivity contribution < 1.29 is 0 Å². The minimum atomic E-state index is 0.522. The smallest absolute Gasteiger partial charge is 0.159 e. The van der Waals surface area contributed by atoms with Gasteiger partial charge in [0.25, 0.3) is 0 Å². The van der Waals surface area contributed by atoms with Gasteiger partial charge in [-0.1, -0.05) is 28.8 Å². The van der Waals surface area contributed by atoms with Crippen molar-refractivity contribution in [3.8, 4) is 5.69 Å². The molecule has 0 unspecified atom stereocenters. The Morgan fingerprint density at radius 1 is 1.12 bits per heavy atom. The van der Waals surface area contributed by atoms with Gasteiger partial charge in [-0.25, -0.2) is 0 Å². The summed E-state index contributed by atoms with van der Waals surface area (Å²) in [6, 6.07) is 8.07. The summed E-state index contributed by atoms with van der Waals surface area (Å²) in [5, 5.41) is 12.1. The van der Waals surface area contributed by atoms with Crippen LogP contribution in [0.2, 0.25) is 0 Å². The molecule has 0 N–H and O–H groups in total. The Kier molecular flexibility index (Phi) is 2.93. The molecule has 0 spiro atoms. The molecule has 1 saturated carbocycles. The molecule has 0 amide bonds. The van der Waals surface area contributed by atoms with E-state index in [-0.39, 0.29) is 0 Å². The van der Waals surface area contributed by atoms with Crippen LogP contribution in [0.4, 0.5) is 0 Å². The van der Waals surface area contributed by atoms with E-state index >= 15 is 0 Å². The lowest BCUT2D eigenvalue weighted by Crippen LogP contribution is -2.06. The molecule has 0 bridgehead atoms. The van der Waals surface area contributed by atoms with Gasteiger partial charge in [-0.2, -0.15) is 4.68 Å². The summed E-state index contributed by atoms with van der Waals surface area (Å²) >= 11 is 3.43. The molecule has 17 heavy (non-hydrogen) atoms. The quantitative estimate of drug-likeness (QED) is 0.854. The van der Waals surface area contributed by atoms with Gasteiger partial charge in [-0.15, -0.1) is 5.10 Å². The minimum Gasteiger partial charge on any atom is -0.197 e. The van der Waals surface area contributed by atoms with Crippen LogP contribution in [0.5, 0.6) is 0 Å². The monoisotopic (exact) mass is 292 g/mol. The maximum atomic E-state index is 4.19. The fraction of sp³-hybridized carbons (Fsp3) is 0.417. The van der Waals surface area contributed by atoms with Crippen LogP contribution in [0.3, 0.4) is 0 Å². The lowest BCUT2D eigenvalue weighted by molar-refractivity contribution is 0.636. The Bertz CT molecular complexity index is 499. The van der Waals surface area contributed by atoms with Gasteiger partial charge >= 0.3 is 0 Å². The van der Waals surface area contributed by atoms with Crippen molar-refractivity contribution in [1.29, 1.82) is 0 Å². The van der Waals surface area contributed by atoms with Gasteiger partial charge < -0.3 is 0 Å². The second-order valence-corrected chi connectivity index (χ2v) is 5.32. The standard InChI is InChI=1S/C12H13BrN4/c13-10-5-7-11(8-6-10)17-12(14-15-16-17)9-3-1-2-4-9/h5-9H,1-4H2. The number of tetrazole rings is 1. The highest BCUT2D eigenvalue weighted by Crippen LogP contribution is 2.33. The summed E-state index contributed by atoms with van der Waals surface area (Å²) < 4.78 is 2.93. The van der Waals surface area contributed by atoms with Crippen molar-refractivity contribution in [2.24, 2.45) is 0 Å². The zero-order valence-corrected chi connectivity index (χ0v) is 11.0. The highest BCUT2D eigenvalue weighted by Gasteiger charge is 2.23. The summed E-state index contributed by atoms with van der Waals surface area (Å²) in [4.78, 5) is 0.